The van der Waals surface area contributed by atoms with Gasteiger partial charge < -0.3 is 10.8 Å². The van der Waals surface area contributed by atoms with Gasteiger partial charge in [-0.3, -0.25) is 0 Å². The van der Waals surface area contributed by atoms with Crippen LogP contribution >= 0.6 is 11.8 Å². The molecule has 2 rings (SSSR count). The zero-order valence-electron chi connectivity index (χ0n) is 10.8. The van der Waals surface area contributed by atoms with Crippen molar-refractivity contribution in [3.8, 4) is 0 Å². The number of rotatable bonds is 5. The molecule has 1 atom stereocenters. The lowest BCUT2D eigenvalue weighted by molar-refractivity contribution is 0.213. The predicted octanol–water partition coefficient (Wildman–Crippen LogP) is 1.72. The van der Waals surface area contributed by atoms with E-state index < -0.39 is 5.54 Å². The molecule has 100 valence electrons. The number of hydrogen-bond acceptors (Lipinski definition) is 5. The van der Waals surface area contributed by atoms with Crippen molar-refractivity contribution >= 4 is 11.8 Å². The van der Waals surface area contributed by atoms with Crippen molar-refractivity contribution in [1.82, 2.24) is 9.97 Å². The van der Waals surface area contributed by atoms with Crippen molar-refractivity contribution < 1.29 is 5.11 Å². The molecule has 0 bridgehead atoms. The summed E-state index contributed by atoms with van der Waals surface area (Å²) in [5, 5.41) is 10.3. The van der Waals surface area contributed by atoms with E-state index >= 15 is 0 Å². The van der Waals surface area contributed by atoms with E-state index in [0.717, 1.165) is 11.1 Å². The lowest BCUT2D eigenvalue weighted by Crippen LogP contribution is -2.43. The van der Waals surface area contributed by atoms with E-state index in [0.29, 0.717) is 10.9 Å². The third-order valence-electron chi connectivity index (χ3n) is 2.85. The van der Waals surface area contributed by atoms with Crippen LogP contribution in [0.15, 0.2) is 47.9 Å². The van der Waals surface area contributed by atoms with Crippen molar-refractivity contribution in [2.24, 2.45) is 5.73 Å². The first kappa shape index (κ1) is 14.0. The zero-order chi connectivity index (χ0) is 13.7. The molecular formula is C14H17N3OS. The van der Waals surface area contributed by atoms with E-state index in [2.05, 4.69) is 9.97 Å². The van der Waals surface area contributed by atoms with Gasteiger partial charge in [0.25, 0.3) is 0 Å². The van der Waals surface area contributed by atoms with E-state index in [1.165, 1.54) is 11.8 Å². The molecule has 0 amide bonds. The van der Waals surface area contributed by atoms with Gasteiger partial charge in [0, 0.05) is 18.1 Å². The molecule has 0 spiro atoms. The second-order valence-electron chi connectivity index (χ2n) is 4.51. The molecule has 0 aliphatic heterocycles. The molecule has 0 aliphatic carbocycles. The van der Waals surface area contributed by atoms with Gasteiger partial charge in [-0.15, -0.1) is 0 Å². The SMILES string of the molecule is Cc1cnc(SCC(N)(CO)c2ccccc2)nc1. The number of aliphatic hydroxyl groups is 1. The molecule has 0 aliphatic rings. The Kier molecular flexibility index (Phi) is 4.52. The minimum atomic E-state index is -0.778. The average molecular weight is 275 g/mol. The largest absolute Gasteiger partial charge is 0.394 e. The van der Waals surface area contributed by atoms with Gasteiger partial charge in [0.1, 0.15) is 0 Å². The number of aromatic nitrogens is 2. The summed E-state index contributed by atoms with van der Waals surface area (Å²) in [4.78, 5) is 8.45. The van der Waals surface area contributed by atoms with Gasteiger partial charge in [-0.25, -0.2) is 9.97 Å². The van der Waals surface area contributed by atoms with Crippen LogP contribution in [0.1, 0.15) is 11.1 Å². The van der Waals surface area contributed by atoms with Gasteiger partial charge in [-0.05, 0) is 18.1 Å². The van der Waals surface area contributed by atoms with E-state index in [-0.39, 0.29) is 6.61 Å². The van der Waals surface area contributed by atoms with Gasteiger partial charge in [0.2, 0.25) is 0 Å². The number of thioether (sulfide) groups is 1. The lowest BCUT2D eigenvalue weighted by Gasteiger charge is -2.27. The van der Waals surface area contributed by atoms with Crippen LogP contribution in [0, 0.1) is 6.92 Å². The van der Waals surface area contributed by atoms with Crippen LogP contribution in [0.3, 0.4) is 0 Å². The molecule has 3 N–H and O–H groups in total. The molecule has 0 saturated heterocycles. The van der Waals surface area contributed by atoms with Crippen molar-refractivity contribution in [3.05, 3.63) is 53.9 Å². The topological polar surface area (TPSA) is 72.0 Å². The number of aryl methyl sites for hydroxylation is 1. The first-order valence-corrected chi connectivity index (χ1v) is 6.99. The molecule has 5 heteroatoms. The molecule has 2 aromatic rings. The normalized spacial score (nSPS) is 14.1. The van der Waals surface area contributed by atoms with Crippen LogP contribution in [-0.2, 0) is 5.54 Å². The average Bonchev–Trinajstić information content (AvgIpc) is 2.47. The summed E-state index contributed by atoms with van der Waals surface area (Å²) in [5.41, 5.74) is 7.43. The first-order valence-electron chi connectivity index (χ1n) is 6.01. The van der Waals surface area contributed by atoms with Gasteiger partial charge >= 0.3 is 0 Å². The Morgan fingerprint density at radius 1 is 1.21 bits per heavy atom. The molecule has 1 heterocycles. The minimum absolute atomic E-state index is 0.115. The Morgan fingerprint density at radius 2 is 1.84 bits per heavy atom. The second-order valence-corrected chi connectivity index (χ2v) is 5.45. The highest BCUT2D eigenvalue weighted by molar-refractivity contribution is 7.99. The Morgan fingerprint density at radius 3 is 2.42 bits per heavy atom. The molecule has 4 nitrogen and oxygen atoms in total. The highest BCUT2D eigenvalue weighted by atomic mass is 32.2. The highest BCUT2D eigenvalue weighted by Gasteiger charge is 2.27. The third kappa shape index (κ3) is 3.53. The summed E-state index contributed by atoms with van der Waals surface area (Å²) in [5.74, 6) is 0.524. The van der Waals surface area contributed by atoms with E-state index in [1.807, 2.05) is 37.3 Å². The highest BCUT2D eigenvalue weighted by Crippen LogP contribution is 2.25. The molecular weight excluding hydrogens is 258 g/mol. The Hall–Kier alpha value is -1.43. The standard InChI is InChI=1S/C14H17N3OS/c1-11-7-16-13(17-8-11)19-10-14(15,9-18)12-5-3-2-4-6-12/h2-8,18H,9-10,15H2,1H3. The van der Waals surface area contributed by atoms with Crippen LogP contribution in [0.25, 0.3) is 0 Å². The fraction of sp³-hybridized carbons (Fsp3) is 0.286. The molecule has 0 saturated carbocycles. The molecule has 19 heavy (non-hydrogen) atoms. The molecule has 1 unspecified atom stereocenters. The van der Waals surface area contributed by atoms with E-state index in [1.54, 1.807) is 12.4 Å². The summed E-state index contributed by atoms with van der Waals surface area (Å²) >= 11 is 1.45. The van der Waals surface area contributed by atoms with Gasteiger partial charge in [-0.1, -0.05) is 42.1 Å². The quantitative estimate of drug-likeness (QED) is 0.642. The summed E-state index contributed by atoms with van der Waals surface area (Å²) in [7, 11) is 0. The number of benzene rings is 1. The van der Waals surface area contributed by atoms with Crippen LogP contribution in [0.4, 0.5) is 0 Å². The monoisotopic (exact) mass is 275 g/mol. The Bertz CT molecular complexity index is 518. The minimum Gasteiger partial charge on any atom is -0.394 e. The lowest BCUT2D eigenvalue weighted by atomic mass is 9.94. The number of nitrogens with two attached hydrogens (primary N) is 1. The molecule has 0 radical (unpaired) electrons. The summed E-state index contributed by atoms with van der Waals surface area (Å²) in [6.07, 6.45) is 3.55. The van der Waals surface area contributed by atoms with Crippen molar-refractivity contribution in [2.45, 2.75) is 17.6 Å². The zero-order valence-corrected chi connectivity index (χ0v) is 11.6. The summed E-state index contributed by atoms with van der Waals surface area (Å²) in [6, 6.07) is 9.61. The maximum Gasteiger partial charge on any atom is 0.187 e. The van der Waals surface area contributed by atoms with Crippen molar-refractivity contribution in [2.75, 3.05) is 12.4 Å². The number of hydrogen-bond donors (Lipinski definition) is 2. The van der Waals surface area contributed by atoms with Crippen LogP contribution in [0.5, 0.6) is 0 Å². The summed E-state index contributed by atoms with van der Waals surface area (Å²) in [6.45, 7) is 1.83. The second kappa shape index (κ2) is 6.14. The maximum absolute atomic E-state index is 9.58. The fourth-order valence-corrected chi connectivity index (χ4v) is 2.54. The van der Waals surface area contributed by atoms with E-state index in [4.69, 9.17) is 5.73 Å². The van der Waals surface area contributed by atoms with Crippen LogP contribution in [0.2, 0.25) is 0 Å². The summed E-state index contributed by atoms with van der Waals surface area (Å²) < 4.78 is 0. The number of nitrogens with zero attached hydrogens (tertiary/aromatic N) is 2. The molecule has 1 aromatic carbocycles. The first-order chi connectivity index (χ1) is 9.14. The van der Waals surface area contributed by atoms with Crippen LogP contribution < -0.4 is 5.73 Å². The van der Waals surface area contributed by atoms with E-state index in [9.17, 15) is 5.11 Å². The van der Waals surface area contributed by atoms with Gasteiger partial charge in [0.15, 0.2) is 5.16 Å². The third-order valence-corrected chi connectivity index (χ3v) is 3.98. The number of aliphatic hydroxyl groups excluding tert-OH is 1. The van der Waals surface area contributed by atoms with Crippen LogP contribution in [-0.4, -0.2) is 27.4 Å². The Balaban J connectivity index is 2.09. The van der Waals surface area contributed by atoms with Gasteiger partial charge in [-0.2, -0.15) is 0 Å². The van der Waals surface area contributed by atoms with Crippen molar-refractivity contribution in [3.63, 3.8) is 0 Å². The Labute approximate surface area is 117 Å². The predicted molar refractivity (Wildman–Crippen MR) is 76.9 cm³/mol. The maximum atomic E-state index is 9.58. The molecule has 1 aromatic heterocycles. The smallest absolute Gasteiger partial charge is 0.187 e. The fourth-order valence-electron chi connectivity index (χ4n) is 1.64. The van der Waals surface area contributed by atoms with Crippen molar-refractivity contribution in [1.29, 1.82) is 0 Å². The molecule has 0 fully saturated rings. The van der Waals surface area contributed by atoms with Gasteiger partial charge in [0.05, 0.1) is 12.1 Å².